The zero-order chi connectivity index (χ0) is 17.6. The molecule has 132 valence electrons. The van der Waals surface area contributed by atoms with Crippen LogP contribution in [-0.4, -0.2) is 46.5 Å². The van der Waals surface area contributed by atoms with Crippen LogP contribution in [0.25, 0.3) is 0 Å². The number of rotatable bonds is 7. The van der Waals surface area contributed by atoms with Gasteiger partial charge in [-0.3, -0.25) is 14.9 Å². The van der Waals surface area contributed by atoms with Crippen LogP contribution in [0.1, 0.15) is 29.6 Å². The molecule has 0 spiro atoms. The van der Waals surface area contributed by atoms with Gasteiger partial charge in [0, 0.05) is 35.2 Å². The Balaban J connectivity index is 1.43. The number of halogens is 1. The summed E-state index contributed by atoms with van der Waals surface area (Å²) in [6.07, 6.45) is 2.50. The van der Waals surface area contributed by atoms with E-state index in [0.717, 1.165) is 29.5 Å². The molecule has 1 aliphatic heterocycles. The van der Waals surface area contributed by atoms with Gasteiger partial charge in [-0.1, -0.05) is 11.3 Å². The zero-order valence-corrected chi connectivity index (χ0v) is 16.5. The molecule has 2 heterocycles. The maximum absolute atomic E-state index is 12.1. The number of nitrogens with zero attached hydrogens (tertiary/aromatic N) is 3. The minimum absolute atomic E-state index is 0.202. The van der Waals surface area contributed by atoms with E-state index >= 15 is 0 Å². The molecule has 25 heavy (non-hydrogen) atoms. The summed E-state index contributed by atoms with van der Waals surface area (Å²) < 4.78 is 1.08. The van der Waals surface area contributed by atoms with E-state index in [1.54, 1.807) is 12.1 Å². The van der Waals surface area contributed by atoms with Crippen molar-refractivity contribution in [2.45, 2.75) is 19.3 Å². The van der Waals surface area contributed by atoms with E-state index in [1.807, 2.05) is 17.0 Å². The molecule has 0 aliphatic carbocycles. The monoisotopic (exact) mass is 471 g/mol. The minimum Gasteiger partial charge on any atom is -0.360 e. The number of anilines is 2. The fourth-order valence-corrected chi connectivity index (χ4v) is 3.55. The molecule has 9 heteroatoms. The normalized spacial score (nSPS) is 14.0. The Morgan fingerprint density at radius 2 is 2.00 bits per heavy atom. The van der Waals surface area contributed by atoms with E-state index in [4.69, 9.17) is 0 Å². The number of benzene rings is 1. The van der Waals surface area contributed by atoms with E-state index in [1.165, 1.54) is 11.3 Å². The van der Waals surface area contributed by atoms with Gasteiger partial charge in [-0.05, 0) is 59.7 Å². The Morgan fingerprint density at radius 3 is 2.72 bits per heavy atom. The smallest absolute Gasteiger partial charge is 0.257 e. The number of hydrogen-bond donors (Lipinski definition) is 2. The molecule has 1 saturated heterocycles. The first-order valence-corrected chi connectivity index (χ1v) is 9.93. The van der Waals surface area contributed by atoms with Crippen LogP contribution in [0.2, 0.25) is 0 Å². The first-order chi connectivity index (χ1) is 12.1. The van der Waals surface area contributed by atoms with Crippen molar-refractivity contribution in [2.75, 3.05) is 30.3 Å². The molecule has 2 N–H and O–H groups in total. The lowest BCUT2D eigenvalue weighted by Crippen LogP contribution is -2.26. The van der Waals surface area contributed by atoms with Gasteiger partial charge >= 0.3 is 0 Å². The summed E-state index contributed by atoms with van der Waals surface area (Å²) in [5.41, 5.74) is 0.584. The molecule has 1 aliphatic rings. The van der Waals surface area contributed by atoms with Gasteiger partial charge in [-0.2, -0.15) is 0 Å². The molecule has 3 rings (SSSR count). The molecule has 2 aromatic rings. The van der Waals surface area contributed by atoms with Crippen molar-refractivity contribution in [1.82, 2.24) is 15.1 Å². The number of nitrogens with one attached hydrogen (secondary N) is 2. The highest BCUT2D eigenvalue weighted by atomic mass is 127. The standard InChI is InChI=1S/C16H18IN5O2S/c17-12-6-4-11(5-7-12)14(24)19-16-21-20-15(25-16)18-8-2-10-22-9-1-3-13(22)23/h4-7H,1-3,8-10H2,(H,18,20)(H,19,21,24). The van der Waals surface area contributed by atoms with Gasteiger partial charge in [0.25, 0.3) is 5.91 Å². The third-order valence-corrected chi connectivity index (χ3v) is 5.32. The van der Waals surface area contributed by atoms with Crippen molar-refractivity contribution < 1.29 is 9.59 Å². The Hall–Kier alpha value is -1.75. The summed E-state index contributed by atoms with van der Waals surface area (Å²) in [6.45, 7) is 2.34. The molecule has 2 amide bonds. The van der Waals surface area contributed by atoms with Crippen LogP contribution in [0.3, 0.4) is 0 Å². The van der Waals surface area contributed by atoms with Crippen LogP contribution in [-0.2, 0) is 4.79 Å². The molecule has 0 bridgehead atoms. The molecule has 0 radical (unpaired) electrons. The number of hydrogen-bond acceptors (Lipinski definition) is 6. The quantitative estimate of drug-likeness (QED) is 0.479. The van der Waals surface area contributed by atoms with Gasteiger partial charge in [0.15, 0.2) is 0 Å². The first kappa shape index (κ1) is 18.1. The predicted octanol–water partition coefficient (Wildman–Crippen LogP) is 2.82. The predicted molar refractivity (Wildman–Crippen MR) is 106 cm³/mol. The average Bonchev–Trinajstić information content (AvgIpc) is 3.21. The molecule has 1 aromatic carbocycles. The molecule has 0 saturated carbocycles. The molecule has 0 atom stereocenters. The third kappa shape index (κ3) is 5.11. The van der Waals surface area contributed by atoms with E-state index < -0.39 is 0 Å². The lowest BCUT2D eigenvalue weighted by atomic mass is 10.2. The van der Waals surface area contributed by atoms with Crippen LogP contribution < -0.4 is 10.6 Å². The van der Waals surface area contributed by atoms with Crippen molar-refractivity contribution in [1.29, 1.82) is 0 Å². The van der Waals surface area contributed by atoms with Crippen LogP contribution in [0.15, 0.2) is 24.3 Å². The second kappa shape index (κ2) is 8.56. The lowest BCUT2D eigenvalue weighted by Gasteiger charge is -2.14. The average molecular weight is 471 g/mol. The Kier molecular flexibility index (Phi) is 6.19. The van der Waals surface area contributed by atoms with Gasteiger partial charge in [0.05, 0.1) is 0 Å². The Labute approximate surface area is 163 Å². The summed E-state index contributed by atoms with van der Waals surface area (Å²) in [7, 11) is 0. The van der Waals surface area contributed by atoms with Gasteiger partial charge in [0.1, 0.15) is 0 Å². The second-order valence-electron chi connectivity index (χ2n) is 5.64. The first-order valence-electron chi connectivity index (χ1n) is 8.04. The lowest BCUT2D eigenvalue weighted by molar-refractivity contribution is -0.127. The topological polar surface area (TPSA) is 87.2 Å². The number of aromatic nitrogens is 2. The highest BCUT2D eigenvalue weighted by Crippen LogP contribution is 2.21. The van der Waals surface area contributed by atoms with Crippen LogP contribution in [0.4, 0.5) is 10.3 Å². The summed E-state index contributed by atoms with van der Waals surface area (Å²) in [4.78, 5) is 25.6. The van der Waals surface area contributed by atoms with E-state index in [-0.39, 0.29) is 11.8 Å². The maximum atomic E-state index is 12.1. The van der Waals surface area contributed by atoms with Crippen LogP contribution in [0, 0.1) is 3.57 Å². The largest absolute Gasteiger partial charge is 0.360 e. The SMILES string of the molecule is O=C(Nc1nnc(NCCCN2CCCC2=O)s1)c1ccc(I)cc1. The number of carbonyl (C=O) groups is 2. The van der Waals surface area contributed by atoms with Gasteiger partial charge < -0.3 is 10.2 Å². The molecular weight excluding hydrogens is 453 g/mol. The highest BCUT2D eigenvalue weighted by Gasteiger charge is 2.19. The van der Waals surface area contributed by atoms with E-state index in [9.17, 15) is 9.59 Å². The van der Waals surface area contributed by atoms with Gasteiger partial charge in [0.2, 0.25) is 16.2 Å². The van der Waals surface area contributed by atoms with Crippen LogP contribution >= 0.6 is 33.9 Å². The van der Waals surface area contributed by atoms with Crippen molar-refractivity contribution in [2.24, 2.45) is 0 Å². The second-order valence-corrected chi connectivity index (χ2v) is 7.86. The number of carbonyl (C=O) groups excluding carboxylic acids is 2. The van der Waals surface area contributed by atoms with Crippen molar-refractivity contribution >= 4 is 56.0 Å². The molecular formula is C16H18IN5O2S. The summed E-state index contributed by atoms with van der Waals surface area (Å²) in [5.74, 6) is 0.0446. The maximum Gasteiger partial charge on any atom is 0.257 e. The fourth-order valence-electron chi connectivity index (χ4n) is 2.52. The van der Waals surface area contributed by atoms with Crippen molar-refractivity contribution in [3.8, 4) is 0 Å². The van der Waals surface area contributed by atoms with Crippen molar-refractivity contribution in [3.05, 3.63) is 33.4 Å². The zero-order valence-electron chi connectivity index (χ0n) is 13.5. The number of amides is 2. The number of likely N-dealkylation sites (tertiary alicyclic amines) is 1. The fraction of sp³-hybridized carbons (Fsp3) is 0.375. The Bertz CT molecular complexity index is 749. The van der Waals surface area contributed by atoms with Crippen LogP contribution in [0.5, 0.6) is 0 Å². The minimum atomic E-state index is -0.202. The van der Waals surface area contributed by atoms with Gasteiger partial charge in [-0.25, -0.2) is 0 Å². The molecule has 1 aromatic heterocycles. The summed E-state index contributed by atoms with van der Waals surface area (Å²) >= 11 is 3.49. The van der Waals surface area contributed by atoms with E-state index in [0.29, 0.717) is 28.8 Å². The van der Waals surface area contributed by atoms with Crippen molar-refractivity contribution in [3.63, 3.8) is 0 Å². The van der Waals surface area contributed by atoms with Gasteiger partial charge in [-0.15, -0.1) is 10.2 Å². The summed E-state index contributed by atoms with van der Waals surface area (Å²) in [5, 5.41) is 15.0. The highest BCUT2D eigenvalue weighted by molar-refractivity contribution is 14.1. The van der Waals surface area contributed by atoms with E-state index in [2.05, 4.69) is 43.4 Å². The molecule has 0 unspecified atom stereocenters. The Morgan fingerprint density at radius 1 is 1.24 bits per heavy atom. The molecule has 7 nitrogen and oxygen atoms in total. The molecule has 1 fully saturated rings. The summed E-state index contributed by atoms with van der Waals surface area (Å²) in [6, 6.07) is 7.31. The third-order valence-electron chi connectivity index (χ3n) is 3.80.